The number of carbonyl (C=O) groups is 2. The Labute approximate surface area is 121 Å². The third-order valence-corrected chi connectivity index (χ3v) is 4.23. The molecule has 0 aliphatic heterocycles. The Balaban J connectivity index is 2.10. The minimum atomic E-state index is -0.826. The first kappa shape index (κ1) is 16.8. The first-order chi connectivity index (χ1) is 9.51. The van der Waals surface area contributed by atoms with Gasteiger partial charge in [0, 0.05) is 19.5 Å². The number of carbonyl (C=O) groups excluding carboxylic acids is 1. The molecule has 0 aromatic carbocycles. The molecule has 0 heterocycles. The second kappa shape index (κ2) is 8.82. The Hall–Kier alpha value is -1.26. The summed E-state index contributed by atoms with van der Waals surface area (Å²) in [6.07, 6.45) is 6.31. The summed E-state index contributed by atoms with van der Waals surface area (Å²) >= 11 is 0. The Morgan fingerprint density at radius 1 is 1.15 bits per heavy atom. The van der Waals surface area contributed by atoms with Crippen LogP contribution in [0.15, 0.2) is 0 Å². The van der Waals surface area contributed by atoms with E-state index >= 15 is 0 Å². The number of carboxylic acid groups (broad SMARTS) is 1. The molecule has 1 unspecified atom stereocenters. The molecule has 0 aromatic heterocycles. The number of urea groups is 1. The molecular formula is C15H28N2O3. The van der Waals surface area contributed by atoms with Crippen LogP contribution in [0.2, 0.25) is 0 Å². The van der Waals surface area contributed by atoms with Crippen LogP contribution in [0.3, 0.4) is 0 Å². The van der Waals surface area contributed by atoms with E-state index in [9.17, 15) is 9.59 Å². The number of amides is 2. The van der Waals surface area contributed by atoms with Crippen molar-refractivity contribution in [2.45, 2.75) is 52.4 Å². The maximum atomic E-state index is 11.6. The summed E-state index contributed by atoms with van der Waals surface area (Å²) in [6.45, 7) is 5.20. The SMILES string of the molecule is CCC1CCC(CNC(=O)NCC(C)CC(=O)O)CC1. The lowest BCUT2D eigenvalue weighted by molar-refractivity contribution is -0.137. The van der Waals surface area contributed by atoms with Gasteiger partial charge in [0.1, 0.15) is 0 Å². The molecule has 0 bridgehead atoms. The van der Waals surface area contributed by atoms with E-state index in [0.29, 0.717) is 12.5 Å². The van der Waals surface area contributed by atoms with Crippen LogP contribution in [0.1, 0.15) is 52.4 Å². The third kappa shape index (κ3) is 6.78. The minimum Gasteiger partial charge on any atom is -0.481 e. The first-order valence-electron chi connectivity index (χ1n) is 7.74. The molecule has 3 N–H and O–H groups in total. The van der Waals surface area contributed by atoms with Crippen LogP contribution in [0.5, 0.6) is 0 Å². The van der Waals surface area contributed by atoms with Crippen molar-refractivity contribution in [1.29, 1.82) is 0 Å². The van der Waals surface area contributed by atoms with Crippen molar-refractivity contribution in [2.75, 3.05) is 13.1 Å². The van der Waals surface area contributed by atoms with Crippen LogP contribution < -0.4 is 10.6 Å². The van der Waals surface area contributed by atoms with Gasteiger partial charge < -0.3 is 15.7 Å². The third-order valence-electron chi connectivity index (χ3n) is 4.23. The highest BCUT2D eigenvalue weighted by Gasteiger charge is 2.20. The molecule has 5 heteroatoms. The highest BCUT2D eigenvalue weighted by atomic mass is 16.4. The normalized spacial score (nSPS) is 23.9. The van der Waals surface area contributed by atoms with E-state index in [1.165, 1.54) is 32.1 Å². The molecule has 0 saturated heterocycles. The number of hydrogen-bond donors (Lipinski definition) is 3. The van der Waals surface area contributed by atoms with Crippen LogP contribution in [0.25, 0.3) is 0 Å². The quantitative estimate of drug-likeness (QED) is 0.672. The molecule has 0 spiro atoms. The van der Waals surface area contributed by atoms with Crippen LogP contribution >= 0.6 is 0 Å². The number of nitrogens with one attached hydrogen (secondary N) is 2. The van der Waals surface area contributed by atoms with Gasteiger partial charge in [-0.2, -0.15) is 0 Å². The summed E-state index contributed by atoms with van der Waals surface area (Å²) in [5.74, 6) is 0.600. The molecule has 0 aromatic rings. The van der Waals surface area contributed by atoms with Gasteiger partial charge in [0.05, 0.1) is 0 Å². The van der Waals surface area contributed by atoms with Crippen molar-refractivity contribution >= 4 is 12.0 Å². The number of aliphatic carboxylic acids is 1. The van der Waals surface area contributed by atoms with E-state index < -0.39 is 5.97 Å². The number of hydrogen-bond acceptors (Lipinski definition) is 2. The van der Waals surface area contributed by atoms with Crippen LogP contribution in [0.4, 0.5) is 4.79 Å². The minimum absolute atomic E-state index is 0.0433. The Morgan fingerprint density at radius 3 is 2.30 bits per heavy atom. The molecule has 116 valence electrons. The monoisotopic (exact) mass is 284 g/mol. The van der Waals surface area contributed by atoms with Gasteiger partial charge >= 0.3 is 12.0 Å². The lowest BCUT2D eigenvalue weighted by atomic mass is 9.81. The van der Waals surface area contributed by atoms with Gasteiger partial charge in [-0.05, 0) is 30.6 Å². The Bertz CT molecular complexity index is 312. The first-order valence-corrected chi connectivity index (χ1v) is 7.74. The highest BCUT2D eigenvalue weighted by Crippen LogP contribution is 2.29. The summed E-state index contributed by atoms with van der Waals surface area (Å²) in [5, 5.41) is 14.3. The lowest BCUT2D eigenvalue weighted by Crippen LogP contribution is -2.40. The maximum absolute atomic E-state index is 11.6. The summed E-state index contributed by atoms with van der Waals surface area (Å²) < 4.78 is 0. The van der Waals surface area contributed by atoms with Crippen molar-refractivity contribution in [3.63, 3.8) is 0 Å². The molecule has 1 fully saturated rings. The highest BCUT2D eigenvalue weighted by molar-refractivity contribution is 5.74. The topological polar surface area (TPSA) is 78.4 Å². The molecule has 1 rings (SSSR count). The summed E-state index contributed by atoms with van der Waals surface area (Å²) in [4.78, 5) is 22.1. The fourth-order valence-electron chi connectivity index (χ4n) is 2.78. The fraction of sp³-hybridized carbons (Fsp3) is 0.867. The van der Waals surface area contributed by atoms with Gasteiger partial charge in [-0.1, -0.05) is 33.1 Å². The van der Waals surface area contributed by atoms with Gasteiger partial charge in [-0.25, -0.2) is 4.79 Å². The molecule has 2 amide bonds. The summed E-state index contributed by atoms with van der Waals surface area (Å²) in [5.41, 5.74) is 0. The van der Waals surface area contributed by atoms with Crippen molar-refractivity contribution < 1.29 is 14.7 Å². The lowest BCUT2D eigenvalue weighted by Gasteiger charge is -2.27. The second-order valence-corrected chi connectivity index (χ2v) is 6.09. The summed E-state index contributed by atoms with van der Waals surface area (Å²) in [6, 6.07) is -0.181. The van der Waals surface area contributed by atoms with Crippen molar-refractivity contribution in [1.82, 2.24) is 10.6 Å². The molecule has 20 heavy (non-hydrogen) atoms. The van der Waals surface area contributed by atoms with Crippen molar-refractivity contribution in [3.05, 3.63) is 0 Å². The van der Waals surface area contributed by atoms with Gasteiger partial charge in [0.15, 0.2) is 0 Å². The van der Waals surface area contributed by atoms with Gasteiger partial charge in [0.2, 0.25) is 0 Å². The molecule has 1 saturated carbocycles. The zero-order valence-electron chi connectivity index (χ0n) is 12.7. The Kier molecular flexibility index (Phi) is 7.41. The van der Waals surface area contributed by atoms with Crippen LogP contribution in [-0.4, -0.2) is 30.2 Å². The van der Waals surface area contributed by atoms with Crippen LogP contribution in [0, 0.1) is 17.8 Å². The predicted octanol–water partition coefficient (Wildman–Crippen LogP) is 2.61. The predicted molar refractivity (Wildman–Crippen MR) is 78.6 cm³/mol. The fourth-order valence-corrected chi connectivity index (χ4v) is 2.78. The largest absolute Gasteiger partial charge is 0.481 e. The van der Waals surface area contributed by atoms with Gasteiger partial charge in [-0.15, -0.1) is 0 Å². The standard InChI is InChI=1S/C15H28N2O3/c1-3-12-4-6-13(7-5-12)10-17-15(20)16-9-11(2)8-14(18)19/h11-13H,3-10H2,1-2H3,(H,18,19)(H2,16,17,20). The van der Waals surface area contributed by atoms with Gasteiger partial charge in [0.25, 0.3) is 0 Å². The van der Waals surface area contributed by atoms with E-state index in [1.807, 2.05) is 6.92 Å². The molecule has 5 nitrogen and oxygen atoms in total. The van der Waals surface area contributed by atoms with E-state index in [4.69, 9.17) is 5.11 Å². The average Bonchev–Trinajstić information content (AvgIpc) is 2.42. The van der Waals surface area contributed by atoms with E-state index in [1.54, 1.807) is 0 Å². The second-order valence-electron chi connectivity index (χ2n) is 6.09. The summed E-state index contributed by atoms with van der Waals surface area (Å²) in [7, 11) is 0. The zero-order chi connectivity index (χ0) is 15.0. The molecule has 1 aliphatic rings. The van der Waals surface area contributed by atoms with E-state index in [2.05, 4.69) is 17.6 Å². The van der Waals surface area contributed by atoms with Gasteiger partial charge in [-0.3, -0.25) is 4.79 Å². The number of rotatable bonds is 7. The smallest absolute Gasteiger partial charge is 0.314 e. The van der Waals surface area contributed by atoms with E-state index in [0.717, 1.165) is 12.5 Å². The van der Waals surface area contributed by atoms with Crippen molar-refractivity contribution in [3.8, 4) is 0 Å². The molecule has 1 atom stereocenters. The molecular weight excluding hydrogens is 256 g/mol. The molecule has 0 radical (unpaired) electrons. The van der Waals surface area contributed by atoms with Crippen molar-refractivity contribution in [2.24, 2.45) is 17.8 Å². The van der Waals surface area contributed by atoms with Crippen LogP contribution in [-0.2, 0) is 4.79 Å². The maximum Gasteiger partial charge on any atom is 0.314 e. The zero-order valence-corrected chi connectivity index (χ0v) is 12.7. The number of carboxylic acids is 1. The molecule has 1 aliphatic carbocycles. The Morgan fingerprint density at radius 2 is 1.75 bits per heavy atom. The van der Waals surface area contributed by atoms with E-state index in [-0.39, 0.29) is 18.4 Å². The average molecular weight is 284 g/mol.